The Morgan fingerprint density at radius 2 is 1.70 bits per heavy atom. The van der Waals surface area contributed by atoms with Gasteiger partial charge in [-0.1, -0.05) is 18.7 Å². The third-order valence-electron chi connectivity index (χ3n) is 4.81. The Hall–Kier alpha value is -2.89. The zero-order chi connectivity index (χ0) is 18.4. The van der Waals surface area contributed by atoms with Crippen LogP contribution in [0.2, 0.25) is 0 Å². The van der Waals surface area contributed by atoms with E-state index in [1.165, 1.54) is 37.2 Å². The number of hydrogen-bond donors (Lipinski definition) is 2. The van der Waals surface area contributed by atoms with E-state index < -0.39 is 0 Å². The smallest absolute Gasteiger partial charge is 0.0931 e. The molecule has 0 fully saturated rings. The quantitative estimate of drug-likeness (QED) is 0.347. The van der Waals surface area contributed by atoms with Crippen LogP contribution in [0.5, 0.6) is 0 Å². The summed E-state index contributed by atoms with van der Waals surface area (Å²) in [5.41, 5.74) is 9.48. The maximum Gasteiger partial charge on any atom is 0.0931 e. The summed E-state index contributed by atoms with van der Waals surface area (Å²) >= 11 is 3.63. The van der Waals surface area contributed by atoms with E-state index in [0.717, 1.165) is 16.7 Å². The minimum atomic E-state index is 1.00. The van der Waals surface area contributed by atoms with Crippen LogP contribution in [0, 0.1) is 6.92 Å². The number of aromatic amines is 1. The molecule has 0 saturated carbocycles. The van der Waals surface area contributed by atoms with E-state index in [-0.39, 0.29) is 0 Å². The second kappa shape index (κ2) is 6.37. The molecule has 0 aliphatic rings. The van der Waals surface area contributed by atoms with Gasteiger partial charge in [0, 0.05) is 27.6 Å². The van der Waals surface area contributed by atoms with Crippen molar-refractivity contribution in [1.29, 1.82) is 0 Å². The van der Waals surface area contributed by atoms with Gasteiger partial charge in [-0.15, -0.1) is 22.7 Å². The third-order valence-corrected chi connectivity index (χ3v) is 6.97. The van der Waals surface area contributed by atoms with E-state index in [0.29, 0.717) is 0 Å². The van der Waals surface area contributed by atoms with Crippen molar-refractivity contribution in [3.8, 4) is 22.3 Å². The van der Waals surface area contributed by atoms with Crippen LogP contribution in [-0.2, 0) is 0 Å². The Balaban J connectivity index is 1.60. The molecule has 0 aliphatic carbocycles. The number of H-pyrrole nitrogens is 1. The number of nitrogens with zero attached hydrogens (tertiary/aromatic N) is 1. The number of aromatic nitrogens is 2. The second-order valence-electron chi connectivity index (χ2n) is 6.47. The zero-order valence-corrected chi connectivity index (χ0v) is 16.4. The standard InChI is InChI=1S/C22H17N3S2/c1-3-23-18-6-4-14(8-13(18)2)16-10-26-22-17(11-27-21(16)22)15-5-7-19-20(9-15)25-12-24-19/h3-12,23H,1H2,2H3,(H,24,25). The first-order valence-electron chi connectivity index (χ1n) is 8.65. The lowest BCUT2D eigenvalue weighted by atomic mass is 10.0. The maximum absolute atomic E-state index is 4.31. The maximum atomic E-state index is 4.31. The summed E-state index contributed by atoms with van der Waals surface area (Å²) in [6.45, 7) is 5.87. The second-order valence-corrected chi connectivity index (χ2v) is 8.23. The highest BCUT2D eigenvalue weighted by Gasteiger charge is 2.14. The molecule has 3 aromatic heterocycles. The number of rotatable bonds is 4. The van der Waals surface area contributed by atoms with Crippen LogP contribution in [-0.4, -0.2) is 9.97 Å². The van der Waals surface area contributed by atoms with Gasteiger partial charge >= 0.3 is 0 Å². The van der Waals surface area contributed by atoms with Gasteiger partial charge in [0.05, 0.1) is 26.8 Å². The van der Waals surface area contributed by atoms with Gasteiger partial charge < -0.3 is 10.3 Å². The monoisotopic (exact) mass is 387 g/mol. The van der Waals surface area contributed by atoms with Crippen LogP contribution in [0.25, 0.3) is 42.7 Å². The fraction of sp³-hybridized carbons (Fsp3) is 0.0455. The van der Waals surface area contributed by atoms with Crippen molar-refractivity contribution in [2.45, 2.75) is 6.92 Å². The number of anilines is 1. The molecule has 0 spiro atoms. The Kier molecular flexibility index (Phi) is 3.85. The molecule has 0 bridgehead atoms. The summed E-state index contributed by atoms with van der Waals surface area (Å²) in [6.07, 6.45) is 3.46. The summed E-state index contributed by atoms with van der Waals surface area (Å²) in [4.78, 5) is 7.52. The fourth-order valence-electron chi connectivity index (χ4n) is 3.43. The molecule has 0 radical (unpaired) electrons. The summed E-state index contributed by atoms with van der Waals surface area (Å²) in [5.74, 6) is 0. The molecule has 132 valence electrons. The lowest BCUT2D eigenvalue weighted by Gasteiger charge is -2.07. The van der Waals surface area contributed by atoms with Crippen molar-refractivity contribution in [3.63, 3.8) is 0 Å². The van der Waals surface area contributed by atoms with Crippen molar-refractivity contribution >= 4 is 48.8 Å². The average Bonchev–Trinajstić information content (AvgIpc) is 3.38. The zero-order valence-electron chi connectivity index (χ0n) is 14.7. The van der Waals surface area contributed by atoms with Crippen LogP contribution in [0.15, 0.2) is 66.3 Å². The molecule has 0 unspecified atom stereocenters. The molecule has 5 aromatic rings. The molecule has 3 nitrogen and oxygen atoms in total. The largest absolute Gasteiger partial charge is 0.362 e. The SMILES string of the molecule is C=CNc1ccc(-c2csc3c(-c4ccc5nc[nH]c5c4)csc23)cc1C. The molecule has 5 rings (SSSR count). The Morgan fingerprint density at radius 1 is 1.00 bits per heavy atom. The number of benzene rings is 2. The van der Waals surface area contributed by atoms with E-state index in [9.17, 15) is 0 Å². The van der Waals surface area contributed by atoms with Gasteiger partial charge in [-0.3, -0.25) is 0 Å². The fourth-order valence-corrected chi connectivity index (χ4v) is 5.88. The van der Waals surface area contributed by atoms with Crippen LogP contribution in [0.1, 0.15) is 5.56 Å². The lowest BCUT2D eigenvalue weighted by molar-refractivity contribution is 1.34. The van der Waals surface area contributed by atoms with E-state index in [2.05, 4.69) is 75.9 Å². The highest BCUT2D eigenvalue weighted by atomic mass is 32.1. The lowest BCUT2D eigenvalue weighted by Crippen LogP contribution is -1.90. The van der Waals surface area contributed by atoms with Crippen LogP contribution in [0.4, 0.5) is 5.69 Å². The van der Waals surface area contributed by atoms with E-state index in [1.807, 2.05) is 22.7 Å². The first-order valence-corrected chi connectivity index (χ1v) is 10.4. The van der Waals surface area contributed by atoms with Crippen molar-refractivity contribution in [2.24, 2.45) is 0 Å². The number of fused-ring (bicyclic) bond motifs is 2. The molecule has 2 N–H and O–H groups in total. The third kappa shape index (κ3) is 2.67. The highest BCUT2D eigenvalue weighted by Crippen LogP contribution is 2.44. The van der Waals surface area contributed by atoms with E-state index in [4.69, 9.17) is 0 Å². The molecule has 3 heterocycles. The number of imidazole rings is 1. The van der Waals surface area contributed by atoms with Crippen molar-refractivity contribution in [1.82, 2.24) is 9.97 Å². The molecule has 5 heteroatoms. The summed E-state index contributed by atoms with van der Waals surface area (Å²) < 4.78 is 2.70. The van der Waals surface area contributed by atoms with Crippen LogP contribution >= 0.6 is 22.7 Å². The molecule has 0 amide bonds. The van der Waals surface area contributed by atoms with Gasteiger partial charge in [-0.25, -0.2) is 4.98 Å². The number of nitrogens with one attached hydrogen (secondary N) is 2. The molecular weight excluding hydrogens is 370 g/mol. The van der Waals surface area contributed by atoms with Gasteiger partial charge in [0.1, 0.15) is 0 Å². The highest BCUT2D eigenvalue weighted by molar-refractivity contribution is 7.27. The van der Waals surface area contributed by atoms with Gasteiger partial charge in [0.25, 0.3) is 0 Å². The van der Waals surface area contributed by atoms with Gasteiger partial charge in [-0.2, -0.15) is 0 Å². The predicted molar refractivity (Wildman–Crippen MR) is 119 cm³/mol. The Labute approximate surface area is 165 Å². The number of hydrogen-bond acceptors (Lipinski definition) is 4. The molecule has 0 saturated heterocycles. The summed E-state index contributed by atoms with van der Waals surface area (Å²) in [7, 11) is 0. The van der Waals surface area contributed by atoms with Gasteiger partial charge in [-0.05, 0) is 54.1 Å². The number of aryl methyl sites for hydroxylation is 1. The molecule has 2 aromatic carbocycles. The minimum absolute atomic E-state index is 1.00. The topological polar surface area (TPSA) is 40.7 Å². The number of thiophene rings is 2. The Bertz CT molecular complexity index is 1290. The van der Waals surface area contributed by atoms with Crippen molar-refractivity contribution in [3.05, 3.63) is 71.8 Å². The van der Waals surface area contributed by atoms with Crippen molar-refractivity contribution < 1.29 is 0 Å². The molecule has 0 atom stereocenters. The Morgan fingerprint density at radius 3 is 2.41 bits per heavy atom. The summed E-state index contributed by atoms with van der Waals surface area (Å²) in [5, 5.41) is 7.72. The van der Waals surface area contributed by atoms with Crippen LogP contribution in [0.3, 0.4) is 0 Å². The van der Waals surface area contributed by atoms with E-state index in [1.54, 1.807) is 12.5 Å². The van der Waals surface area contributed by atoms with Gasteiger partial charge in [0.2, 0.25) is 0 Å². The first-order chi connectivity index (χ1) is 13.2. The minimum Gasteiger partial charge on any atom is -0.362 e. The van der Waals surface area contributed by atoms with Crippen molar-refractivity contribution in [2.75, 3.05) is 5.32 Å². The first kappa shape index (κ1) is 16.3. The van der Waals surface area contributed by atoms with Crippen LogP contribution < -0.4 is 5.32 Å². The summed E-state index contributed by atoms with van der Waals surface area (Å²) in [6, 6.07) is 13.0. The molecule has 27 heavy (non-hydrogen) atoms. The van der Waals surface area contributed by atoms with E-state index >= 15 is 0 Å². The van der Waals surface area contributed by atoms with Gasteiger partial charge in [0.15, 0.2) is 0 Å². The molecular formula is C22H17N3S2. The predicted octanol–water partition coefficient (Wildman–Crippen LogP) is 7.04. The average molecular weight is 388 g/mol. The normalized spacial score (nSPS) is 11.3. The molecule has 0 aliphatic heterocycles.